The number of rotatable bonds is 7. The molecule has 0 aliphatic carbocycles. The smallest absolute Gasteiger partial charge is 0.496 e. The van der Waals surface area contributed by atoms with Crippen LogP contribution >= 0.6 is 0 Å². The summed E-state index contributed by atoms with van der Waals surface area (Å²) in [6.07, 6.45) is -4.81. The molecule has 2 rings (SSSR count). The number of nitrogens with one attached hydrogen (secondary N) is 2. The van der Waals surface area contributed by atoms with Crippen molar-refractivity contribution in [1.29, 1.82) is 0 Å². The van der Waals surface area contributed by atoms with Crippen LogP contribution in [0.2, 0.25) is 0 Å². The highest BCUT2D eigenvalue weighted by Gasteiger charge is 2.32. The summed E-state index contributed by atoms with van der Waals surface area (Å²) in [5.74, 6) is -0.145. The summed E-state index contributed by atoms with van der Waals surface area (Å²) in [6.45, 7) is 1.58. The molecule has 0 radical (unpaired) electrons. The predicted molar refractivity (Wildman–Crippen MR) is 91.2 cm³/mol. The molecule has 1 unspecified atom stereocenters. The van der Waals surface area contributed by atoms with E-state index in [0.29, 0.717) is 5.75 Å². The fourth-order valence-corrected chi connectivity index (χ4v) is 2.40. The first-order valence-corrected chi connectivity index (χ1v) is 7.81. The van der Waals surface area contributed by atoms with Gasteiger partial charge in [0.2, 0.25) is 5.91 Å². The monoisotopic (exact) mass is 368 g/mol. The van der Waals surface area contributed by atoms with Crippen LogP contribution in [0.1, 0.15) is 18.5 Å². The fourth-order valence-electron chi connectivity index (χ4n) is 2.40. The molecule has 0 aliphatic heterocycles. The maximum absolute atomic E-state index is 12.4. The molecule has 0 bridgehead atoms. The maximum atomic E-state index is 12.4. The van der Waals surface area contributed by atoms with E-state index in [1.165, 1.54) is 25.3 Å². The minimum absolute atomic E-state index is 0.0740. The molecule has 1 atom stereocenters. The van der Waals surface area contributed by atoms with Crippen molar-refractivity contribution in [2.45, 2.75) is 19.3 Å². The molecule has 2 N–H and O–H groups in total. The molecule has 0 saturated heterocycles. The Morgan fingerprint density at radius 3 is 2.35 bits per heavy atom. The third kappa shape index (κ3) is 5.58. The van der Waals surface area contributed by atoms with Gasteiger partial charge in [-0.1, -0.05) is 30.3 Å². The molecule has 2 aromatic carbocycles. The third-order valence-corrected chi connectivity index (χ3v) is 3.54. The lowest BCUT2D eigenvalue weighted by molar-refractivity contribution is -0.274. The van der Waals surface area contributed by atoms with Gasteiger partial charge in [0.25, 0.3) is 0 Å². The molecule has 26 heavy (non-hydrogen) atoms. The number of methoxy groups -OCH3 is 1. The minimum Gasteiger partial charge on any atom is -0.496 e. The standard InChI is InChI=1S/C18H19F3N2O3/c1-12(13-7-3-5-9-15(13)25-2)23-17(24)11-22-14-8-4-6-10-16(14)26-18(19,20)21/h3-10,12,22H,11H2,1-2H3,(H,23,24). The van der Waals surface area contributed by atoms with Crippen LogP contribution in [0.5, 0.6) is 11.5 Å². The Bertz CT molecular complexity index is 750. The van der Waals surface area contributed by atoms with E-state index in [0.717, 1.165) is 5.56 Å². The van der Waals surface area contributed by atoms with E-state index >= 15 is 0 Å². The van der Waals surface area contributed by atoms with Crippen LogP contribution in [0, 0.1) is 0 Å². The van der Waals surface area contributed by atoms with Gasteiger partial charge in [0.1, 0.15) is 5.75 Å². The van der Waals surface area contributed by atoms with Gasteiger partial charge in [-0.05, 0) is 25.1 Å². The van der Waals surface area contributed by atoms with Gasteiger partial charge in [0.05, 0.1) is 25.4 Å². The van der Waals surface area contributed by atoms with Crippen molar-refractivity contribution in [3.05, 3.63) is 54.1 Å². The van der Waals surface area contributed by atoms with Gasteiger partial charge < -0.3 is 20.1 Å². The molecule has 1 amide bonds. The summed E-state index contributed by atoms with van der Waals surface area (Å²) in [5.41, 5.74) is 0.870. The van der Waals surface area contributed by atoms with Gasteiger partial charge in [-0.25, -0.2) is 0 Å². The number of carbonyl (C=O) groups excluding carboxylic acids is 1. The number of hydrogen-bond acceptors (Lipinski definition) is 4. The van der Waals surface area contributed by atoms with Crippen molar-refractivity contribution in [1.82, 2.24) is 5.32 Å². The second-order valence-electron chi connectivity index (χ2n) is 5.43. The highest BCUT2D eigenvalue weighted by molar-refractivity contribution is 5.81. The maximum Gasteiger partial charge on any atom is 0.573 e. The third-order valence-electron chi connectivity index (χ3n) is 3.54. The number of halogens is 3. The molecule has 8 heteroatoms. The largest absolute Gasteiger partial charge is 0.573 e. The molecule has 0 fully saturated rings. The zero-order valence-corrected chi connectivity index (χ0v) is 14.3. The van der Waals surface area contributed by atoms with Crippen LogP contribution in [0.4, 0.5) is 18.9 Å². The van der Waals surface area contributed by atoms with Gasteiger partial charge in [-0.2, -0.15) is 0 Å². The molecule has 0 aliphatic rings. The number of carbonyl (C=O) groups is 1. The lowest BCUT2D eigenvalue weighted by atomic mass is 10.1. The highest BCUT2D eigenvalue weighted by Crippen LogP contribution is 2.29. The Labute approximate surface area is 149 Å². The second kappa shape index (κ2) is 8.46. The van der Waals surface area contributed by atoms with E-state index in [-0.39, 0.29) is 24.2 Å². The van der Waals surface area contributed by atoms with Crippen molar-refractivity contribution < 1.29 is 27.4 Å². The van der Waals surface area contributed by atoms with Crippen molar-refractivity contribution in [2.75, 3.05) is 19.0 Å². The molecule has 2 aromatic rings. The van der Waals surface area contributed by atoms with Gasteiger partial charge in [0.15, 0.2) is 5.75 Å². The Morgan fingerprint density at radius 1 is 1.08 bits per heavy atom. The molecular formula is C18H19F3N2O3. The second-order valence-corrected chi connectivity index (χ2v) is 5.43. The zero-order chi connectivity index (χ0) is 19.2. The minimum atomic E-state index is -4.81. The number of anilines is 1. The summed E-state index contributed by atoms with van der Waals surface area (Å²) >= 11 is 0. The molecule has 0 spiro atoms. The number of alkyl halides is 3. The van der Waals surface area contributed by atoms with E-state index in [9.17, 15) is 18.0 Å². The molecule has 0 heterocycles. The van der Waals surface area contributed by atoms with E-state index in [4.69, 9.17) is 4.74 Å². The van der Waals surface area contributed by atoms with E-state index < -0.39 is 12.1 Å². The van der Waals surface area contributed by atoms with Crippen LogP contribution in [0.15, 0.2) is 48.5 Å². The lowest BCUT2D eigenvalue weighted by Gasteiger charge is -2.18. The van der Waals surface area contributed by atoms with Crippen LogP contribution in [0.25, 0.3) is 0 Å². The summed E-state index contributed by atoms with van der Waals surface area (Å²) in [5, 5.41) is 5.42. The predicted octanol–water partition coefficient (Wildman–Crippen LogP) is 3.88. The van der Waals surface area contributed by atoms with Gasteiger partial charge in [-0.3, -0.25) is 4.79 Å². The highest BCUT2D eigenvalue weighted by atomic mass is 19.4. The molecule has 140 valence electrons. The van der Waals surface area contributed by atoms with Gasteiger partial charge in [0, 0.05) is 5.56 Å². The van der Waals surface area contributed by atoms with Crippen LogP contribution < -0.4 is 20.1 Å². The molecular weight excluding hydrogens is 349 g/mol. The first kappa shape index (κ1) is 19.4. The van der Waals surface area contributed by atoms with Crippen LogP contribution in [-0.4, -0.2) is 25.9 Å². The molecule has 5 nitrogen and oxygen atoms in total. The number of benzene rings is 2. The summed E-state index contributed by atoms with van der Waals surface area (Å²) in [4.78, 5) is 12.1. The van der Waals surface area contributed by atoms with Crippen LogP contribution in [-0.2, 0) is 4.79 Å². The zero-order valence-electron chi connectivity index (χ0n) is 14.3. The number of ether oxygens (including phenoxy) is 2. The number of hydrogen-bond donors (Lipinski definition) is 2. The van der Waals surface area contributed by atoms with Crippen LogP contribution in [0.3, 0.4) is 0 Å². The van der Waals surface area contributed by atoms with Crippen molar-refractivity contribution in [3.63, 3.8) is 0 Å². The average Bonchev–Trinajstić information content (AvgIpc) is 2.59. The molecule has 0 saturated carbocycles. The Morgan fingerprint density at radius 2 is 1.69 bits per heavy atom. The van der Waals surface area contributed by atoms with Gasteiger partial charge >= 0.3 is 6.36 Å². The van der Waals surface area contributed by atoms with E-state index in [1.54, 1.807) is 19.1 Å². The molecule has 0 aromatic heterocycles. The van der Waals surface area contributed by atoms with Gasteiger partial charge in [-0.15, -0.1) is 13.2 Å². The SMILES string of the molecule is COc1ccccc1C(C)NC(=O)CNc1ccccc1OC(F)(F)F. The average molecular weight is 368 g/mol. The number of amides is 1. The van der Waals surface area contributed by atoms with E-state index in [1.807, 2.05) is 18.2 Å². The normalized spacial score (nSPS) is 12.2. The fraction of sp³-hybridized carbons (Fsp3) is 0.278. The Balaban J connectivity index is 1.97. The Hall–Kier alpha value is -2.90. The first-order valence-electron chi connectivity index (χ1n) is 7.81. The lowest BCUT2D eigenvalue weighted by Crippen LogP contribution is -2.32. The summed E-state index contributed by atoms with van der Waals surface area (Å²) in [7, 11) is 1.53. The topological polar surface area (TPSA) is 59.6 Å². The summed E-state index contributed by atoms with van der Waals surface area (Å²) in [6, 6.07) is 12.4. The Kier molecular flexibility index (Phi) is 6.32. The number of para-hydroxylation sites is 3. The van der Waals surface area contributed by atoms with Crippen molar-refractivity contribution >= 4 is 11.6 Å². The first-order chi connectivity index (χ1) is 12.3. The van der Waals surface area contributed by atoms with E-state index in [2.05, 4.69) is 15.4 Å². The van der Waals surface area contributed by atoms with Crippen molar-refractivity contribution in [2.24, 2.45) is 0 Å². The van der Waals surface area contributed by atoms with Crippen molar-refractivity contribution in [3.8, 4) is 11.5 Å². The quantitative estimate of drug-likeness (QED) is 0.779. The summed E-state index contributed by atoms with van der Waals surface area (Å²) < 4.78 is 46.4.